The lowest BCUT2D eigenvalue weighted by Gasteiger charge is -2.20. The van der Waals surface area contributed by atoms with Gasteiger partial charge in [0.15, 0.2) is 5.65 Å². The van der Waals surface area contributed by atoms with Gasteiger partial charge in [-0.1, -0.05) is 0 Å². The number of aromatic nitrogens is 4. The molecule has 3 aromatic rings. The Balaban J connectivity index is 2.00. The fourth-order valence-corrected chi connectivity index (χ4v) is 2.87. The summed E-state index contributed by atoms with van der Waals surface area (Å²) in [6, 6.07) is 3.72. The Bertz CT molecular complexity index is 1000. The molecule has 1 fully saturated rings. The Morgan fingerprint density at radius 3 is 2.54 bits per heavy atom. The number of nitrogens with one attached hydrogen (secondary N) is 1. The van der Waals surface area contributed by atoms with Crippen molar-refractivity contribution >= 4 is 22.8 Å². The second-order valence-electron chi connectivity index (χ2n) is 7.61. The maximum absolute atomic E-state index is 14.5. The van der Waals surface area contributed by atoms with E-state index in [1.165, 1.54) is 12.1 Å². The molecule has 0 saturated heterocycles. The summed E-state index contributed by atoms with van der Waals surface area (Å²) in [4.78, 5) is 8.93. The second kappa shape index (κ2) is 5.62. The number of anilines is 2. The Morgan fingerprint density at radius 2 is 1.92 bits per heavy atom. The highest BCUT2D eigenvalue weighted by Crippen LogP contribution is 2.35. The average molecular weight is 358 g/mol. The van der Waals surface area contributed by atoms with E-state index in [0.29, 0.717) is 34.5 Å². The monoisotopic (exact) mass is 358 g/mol. The maximum atomic E-state index is 14.5. The SMILES string of the molecule is CC(C)(C)n1nc2nc(NC3CC3)nc(-c3ccc(F)cc3F)c2c1N. The molecule has 0 radical (unpaired) electrons. The molecule has 26 heavy (non-hydrogen) atoms. The van der Waals surface area contributed by atoms with E-state index in [0.717, 1.165) is 18.9 Å². The average Bonchev–Trinajstić information content (AvgIpc) is 3.27. The minimum Gasteiger partial charge on any atom is -0.383 e. The predicted molar refractivity (Wildman–Crippen MR) is 96.7 cm³/mol. The zero-order chi connectivity index (χ0) is 18.6. The van der Waals surface area contributed by atoms with E-state index >= 15 is 0 Å². The Labute approximate surface area is 149 Å². The number of nitrogens with two attached hydrogens (primary N) is 1. The Morgan fingerprint density at radius 1 is 1.19 bits per heavy atom. The van der Waals surface area contributed by atoms with Crippen LogP contribution in [0.1, 0.15) is 33.6 Å². The number of nitrogen functional groups attached to an aromatic ring is 1. The van der Waals surface area contributed by atoms with Crippen molar-refractivity contribution in [2.24, 2.45) is 0 Å². The van der Waals surface area contributed by atoms with Crippen molar-refractivity contribution in [3.05, 3.63) is 29.8 Å². The molecule has 1 aliphatic rings. The number of rotatable bonds is 3. The van der Waals surface area contributed by atoms with E-state index in [9.17, 15) is 8.78 Å². The standard InChI is InChI=1S/C18H20F2N6/c1-18(2,3)26-15(21)13-14(11-7-4-9(19)8-12(11)20)23-17(22-10-5-6-10)24-16(13)25-26/h4,7-8,10H,5-6,21H2,1-3H3,(H,22,24,25). The summed E-state index contributed by atoms with van der Waals surface area (Å²) in [6.45, 7) is 5.89. The van der Waals surface area contributed by atoms with Crippen molar-refractivity contribution in [2.45, 2.75) is 45.2 Å². The number of fused-ring (bicyclic) bond motifs is 1. The summed E-state index contributed by atoms with van der Waals surface area (Å²) in [5.41, 5.74) is 6.79. The number of hydrogen-bond donors (Lipinski definition) is 2. The van der Waals surface area contributed by atoms with Gasteiger partial charge in [-0.05, 0) is 45.7 Å². The molecule has 8 heteroatoms. The number of hydrogen-bond acceptors (Lipinski definition) is 5. The fourth-order valence-electron chi connectivity index (χ4n) is 2.87. The normalized spacial score (nSPS) is 14.8. The van der Waals surface area contributed by atoms with Gasteiger partial charge in [0.1, 0.15) is 17.5 Å². The van der Waals surface area contributed by atoms with Crippen LogP contribution in [0.25, 0.3) is 22.3 Å². The smallest absolute Gasteiger partial charge is 0.225 e. The Kier molecular flexibility index (Phi) is 3.61. The summed E-state index contributed by atoms with van der Waals surface area (Å²) < 4.78 is 29.5. The Hall–Kier alpha value is -2.77. The quantitative estimate of drug-likeness (QED) is 0.746. The van der Waals surface area contributed by atoms with E-state index in [4.69, 9.17) is 5.73 Å². The van der Waals surface area contributed by atoms with Crippen LogP contribution in [0.5, 0.6) is 0 Å². The van der Waals surface area contributed by atoms with E-state index in [1.807, 2.05) is 20.8 Å². The highest BCUT2D eigenvalue weighted by atomic mass is 19.1. The molecular weight excluding hydrogens is 338 g/mol. The van der Waals surface area contributed by atoms with E-state index < -0.39 is 11.6 Å². The summed E-state index contributed by atoms with van der Waals surface area (Å²) in [5, 5.41) is 8.18. The lowest BCUT2D eigenvalue weighted by molar-refractivity contribution is 0.364. The molecule has 0 amide bonds. The molecule has 0 unspecified atom stereocenters. The van der Waals surface area contributed by atoms with Gasteiger partial charge in [0.2, 0.25) is 5.95 Å². The molecule has 3 N–H and O–H groups in total. The highest BCUT2D eigenvalue weighted by Gasteiger charge is 2.27. The van der Waals surface area contributed by atoms with Gasteiger partial charge < -0.3 is 11.1 Å². The molecule has 0 spiro atoms. The van der Waals surface area contributed by atoms with Crippen LogP contribution in [0.4, 0.5) is 20.5 Å². The van der Waals surface area contributed by atoms with Crippen molar-refractivity contribution in [1.29, 1.82) is 0 Å². The lowest BCUT2D eigenvalue weighted by Crippen LogP contribution is -2.24. The van der Waals surface area contributed by atoms with Crippen LogP contribution in [-0.2, 0) is 5.54 Å². The second-order valence-corrected chi connectivity index (χ2v) is 7.61. The van der Waals surface area contributed by atoms with Crippen molar-refractivity contribution in [3.63, 3.8) is 0 Å². The molecule has 0 bridgehead atoms. The third-order valence-electron chi connectivity index (χ3n) is 4.30. The molecule has 136 valence electrons. The molecule has 0 aliphatic heterocycles. The molecule has 2 heterocycles. The van der Waals surface area contributed by atoms with Gasteiger partial charge in [-0.15, -0.1) is 5.10 Å². The van der Waals surface area contributed by atoms with Crippen molar-refractivity contribution in [2.75, 3.05) is 11.1 Å². The number of halogens is 2. The molecule has 2 aromatic heterocycles. The molecule has 0 atom stereocenters. The summed E-state index contributed by atoms with van der Waals surface area (Å²) in [7, 11) is 0. The van der Waals surface area contributed by atoms with Gasteiger partial charge in [0.25, 0.3) is 0 Å². The van der Waals surface area contributed by atoms with Gasteiger partial charge in [0.05, 0.1) is 16.6 Å². The summed E-state index contributed by atoms with van der Waals surface area (Å²) in [5.74, 6) is -0.627. The van der Waals surface area contributed by atoms with Crippen LogP contribution in [0.3, 0.4) is 0 Å². The van der Waals surface area contributed by atoms with Gasteiger partial charge in [-0.2, -0.15) is 4.98 Å². The molecule has 6 nitrogen and oxygen atoms in total. The van der Waals surface area contributed by atoms with Gasteiger partial charge in [-0.25, -0.2) is 18.4 Å². The molecule has 1 aromatic carbocycles. The number of benzene rings is 1. The van der Waals surface area contributed by atoms with Crippen LogP contribution < -0.4 is 11.1 Å². The zero-order valence-electron chi connectivity index (χ0n) is 14.8. The van der Waals surface area contributed by atoms with Gasteiger partial charge in [0, 0.05) is 17.7 Å². The van der Waals surface area contributed by atoms with E-state index in [2.05, 4.69) is 20.4 Å². The van der Waals surface area contributed by atoms with Crippen molar-refractivity contribution < 1.29 is 8.78 Å². The van der Waals surface area contributed by atoms with E-state index in [-0.39, 0.29) is 11.1 Å². The first-order chi connectivity index (χ1) is 12.2. The van der Waals surface area contributed by atoms with Crippen LogP contribution in [0, 0.1) is 11.6 Å². The van der Waals surface area contributed by atoms with Crippen LogP contribution in [0.15, 0.2) is 18.2 Å². The number of nitrogens with zero attached hydrogens (tertiary/aromatic N) is 4. The van der Waals surface area contributed by atoms with Gasteiger partial charge >= 0.3 is 0 Å². The minimum atomic E-state index is -0.703. The van der Waals surface area contributed by atoms with Gasteiger partial charge in [-0.3, -0.25) is 0 Å². The summed E-state index contributed by atoms with van der Waals surface area (Å²) >= 11 is 0. The largest absolute Gasteiger partial charge is 0.383 e. The third-order valence-corrected chi connectivity index (χ3v) is 4.30. The zero-order valence-corrected chi connectivity index (χ0v) is 14.8. The fraction of sp³-hybridized carbons (Fsp3) is 0.389. The summed E-state index contributed by atoms with van der Waals surface area (Å²) in [6.07, 6.45) is 2.08. The van der Waals surface area contributed by atoms with Crippen LogP contribution in [-0.4, -0.2) is 25.8 Å². The third kappa shape index (κ3) is 2.85. The molecule has 4 rings (SSSR count). The minimum absolute atomic E-state index is 0.165. The van der Waals surface area contributed by atoms with E-state index in [1.54, 1.807) is 4.68 Å². The molecular formula is C18H20F2N6. The molecule has 1 aliphatic carbocycles. The first-order valence-corrected chi connectivity index (χ1v) is 8.53. The first kappa shape index (κ1) is 16.7. The lowest BCUT2D eigenvalue weighted by atomic mass is 10.1. The molecule has 1 saturated carbocycles. The van der Waals surface area contributed by atoms with Crippen LogP contribution in [0.2, 0.25) is 0 Å². The van der Waals surface area contributed by atoms with Crippen LogP contribution >= 0.6 is 0 Å². The highest BCUT2D eigenvalue weighted by molar-refractivity contribution is 5.99. The first-order valence-electron chi connectivity index (χ1n) is 8.53. The van der Waals surface area contributed by atoms with Crippen molar-refractivity contribution in [3.8, 4) is 11.3 Å². The maximum Gasteiger partial charge on any atom is 0.225 e. The predicted octanol–water partition coefficient (Wildman–Crippen LogP) is 3.68. The van der Waals surface area contributed by atoms with Crippen molar-refractivity contribution in [1.82, 2.24) is 19.7 Å². The topological polar surface area (TPSA) is 81.7 Å².